The normalized spacial score (nSPS) is 15.3. The Hall–Kier alpha value is -0.113. The van der Waals surface area contributed by atoms with Crippen LogP contribution in [-0.2, 0) is 4.79 Å². The summed E-state index contributed by atoms with van der Waals surface area (Å²) in [6.07, 6.45) is 1.77. The maximum absolute atomic E-state index is 12.4. The van der Waals surface area contributed by atoms with Crippen molar-refractivity contribution in [1.82, 2.24) is 0 Å². The fourth-order valence-corrected chi connectivity index (χ4v) is 7.20. The first kappa shape index (κ1) is 17.9. The van der Waals surface area contributed by atoms with E-state index in [0.29, 0.717) is 34.6 Å². The molecule has 0 aliphatic rings. The van der Waals surface area contributed by atoms with E-state index in [4.69, 9.17) is 0 Å². The van der Waals surface area contributed by atoms with Crippen LogP contribution in [0, 0.1) is 11.8 Å². The molecule has 2 heteroatoms. The molecule has 0 N–H and O–H groups in total. The molecule has 0 spiro atoms. The molecule has 0 heterocycles. The van der Waals surface area contributed by atoms with Gasteiger partial charge in [-0.1, -0.05) is 61.6 Å². The van der Waals surface area contributed by atoms with Gasteiger partial charge in [-0.05, 0) is 23.3 Å². The third-order valence-corrected chi connectivity index (χ3v) is 11.6. The number of carbonyl (C=O) groups is 1. The standard InChI is InChI=1S/C16H34OSi/c1-10-14(17)15(11-12(2)3)18(8,9)16(6,7)13(4)5/h12-13,15H,10-11H2,1-9H3/t15-/m0/s1. The first-order valence-corrected chi connectivity index (χ1v) is 10.6. The van der Waals surface area contributed by atoms with Crippen LogP contribution in [0.15, 0.2) is 0 Å². The molecule has 0 bridgehead atoms. The predicted octanol–water partition coefficient (Wildman–Crippen LogP) is 5.53. The molecule has 1 atom stereocenters. The fourth-order valence-electron chi connectivity index (χ4n) is 2.74. The zero-order valence-electron chi connectivity index (χ0n) is 14.1. The Labute approximate surface area is 116 Å². The van der Waals surface area contributed by atoms with E-state index < -0.39 is 8.07 Å². The van der Waals surface area contributed by atoms with Gasteiger partial charge >= 0.3 is 0 Å². The lowest BCUT2D eigenvalue weighted by atomic mass is 9.99. The minimum atomic E-state index is -1.62. The van der Waals surface area contributed by atoms with Crippen molar-refractivity contribution < 1.29 is 4.79 Å². The molecule has 0 rings (SSSR count). The fraction of sp³-hybridized carbons (Fsp3) is 0.938. The second-order valence-corrected chi connectivity index (χ2v) is 13.0. The lowest BCUT2D eigenvalue weighted by Crippen LogP contribution is -2.49. The second kappa shape index (κ2) is 6.36. The second-order valence-electron chi connectivity index (χ2n) is 7.60. The van der Waals surface area contributed by atoms with Crippen molar-refractivity contribution in [1.29, 1.82) is 0 Å². The number of ketones is 1. The van der Waals surface area contributed by atoms with Gasteiger partial charge in [-0.2, -0.15) is 0 Å². The molecule has 0 fully saturated rings. The zero-order valence-corrected chi connectivity index (χ0v) is 15.1. The predicted molar refractivity (Wildman–Crippen MR) is 84.9 cm³/mol. The maximum atomic E-state index is 12.4. The summed E-state index contributed by atoms with van der Waals surface area (Å²) in [7, 11) is -1.62. The largest absolute Gasteiger partial charge is 0.300 e. The summed E-state index contributed by atoms with van der Waals surface area (Å²) in [5.74, 6) is 1.74. The molecule has 0 saturated carbocycles. The minimum absolute atomic E-state index is 0.303. The van der Waals surface area contributed by atoms with Crippen LogP contribution >= 0.6 is 0 Å². The highest BCUT2D eigenvalue weighted by molar-refractivity contribution is 6.84. The van der Waals surface area contributed by atoms with Crippen LogP contribution in [0.2, 0.25) is 23.7 Å². The molecule has 18 heavy (non-hydrogen) atoms. The molecule has 108 valence electrons. The number of rotatable bonds is 7. The van der Waals surface area contributed by atoms with Crippen molar-refractivity contribution in [2.75, 3.05) is 0 Å². The Morgan fingerprint density at radius 1 is 1.11 bits per heavy atom. The van der Waals surface area contributed by atoms with E-state index in [1.807, 2.05) is 6.92 Å². The Morgan fingerprint density at radius 3 is 1.83 bits per heavy atom. The summed E-state index contributed by atoms with van der Waals surface area (Å²) in [5.41, 5.74) is 0.319. The van der Waals surface area contributed by atoms with Gasteiger partial charge in [-0.25, -0.2) is 0 Å². The van der Waals surface area contributed by atoms with E-state index in [0.717, 1.165) is 6.42 Å². The molecule has 1 nitrogen and oxygen atoms in total. The van der Waals surface area contributed by atoms with Gasteiger partial charge in [0, 0.05) is 12.0 Å². The topological polar surface area (TPSA) is 17.1 Å². The Kier molecular flexibility index (Phi) is 6.32. The summed E-state index contributed by atoms with van der Waals surface area (Å²) in [5, 5.41) is 0.303. The van der Waals surface area contributed by atoms with Crippen LogP contribution in [0.25, 0.3) is 0 Å². The van der Waals surface area contributed by atoms with Crippen LogP contribution in [0.5, 0.6) is 0 Å². The van der Waals surface area contributed by atoms with Gasteiger partial charge in [-0.15, -0.1) is 0 Å². The third-order valence-electron chi connectivity index (χ3n) is 5.42. The lowest BCUT2D eigenvalue weighted by molar-refractivity contribution is -0.119. The molecule has 0 radical (unpaired) electrons. The monoisotopic (exact) mass is 270 g/mol. The average molecular weight is 271 g/mol. The summed E-state index contributed by atoms with van der Waals surface area (Å²) >= 11 is 0. The van der Waals surface area contributed by atoms with Crippen LogP contribution < -0.4 is 0 Å². The SMILES string of the molecule is CCC(=O)[C@H](CC(C)C)[Si](C)(C)C(C)(C)C(C)C. The molecule has 0 aliphatic carbocycles. The van der Waals surface area contributed by atoms with Crippen molar-refractivity contribution in [3.8, 4) is 0 Å². The average Bonchev–Trinajstić information content (AvgIpc) is 2.23. The number of hydrogen-bond donors (Lipinski definition) is 0. The number of Topliss-reactive ketones (excluding diaryl/α,β-unsaturated/α-hetero) is 1. The van der Waals surface area contributed by atoms with Crippen molar-refractivity contribution >= 4 is 13.9 Å². The molecular formula is C16H34OSi. The van der Waals surface area contributed by atoms with E-state index >= 15 is 0 Å². The first-order chi connectivity index (χ1) is 7.98. The molecule has 0 saturated heterocycles. The van der Waals surface area contributed by atoms with Gasteiger partial charge in [0.1, 0.15) is 5.78 Å². The first-order valence-electron chi connectivity index (χ1n) is 7.51. The quantitative estimate of drug-likeness (QED) is 0.556. The number of hydrogen-bond acceptors (Lipinski definition) is 1. The van der Waals surface area contributed by atoms with Gasteiger partial charge in [0.05, 0.1) is 8.07 Å². The van der Waals surface area contributed by atoms with E-state index in [-0.39, 0.29) is 0 Å². The summed E-state index contributed by atoms with van der Waals surface area (Å²) in [6.45, 7) is 20.7. The maximum Gasteiger partial charge on any atom is 0.133 e. The van der Waals surface area contributed by atoms with Crippen LogP contribution in [0.1, 0.15) is 61.3 Å². The van der Waals surface area contributed by atoms with Gasteiger partial charge < -0.3 is 0 Å². The minimum Gasteiger partial charge on any atom is -0.300 e. The van der Waals surface area contributed by atoms with Gasteiger partial charge in [0.2, 0.25) is 0 Å². The van der Waals surface area contributed by atoms with Crippen LogP contribution in [-0.4, -0.2) is 13.9 Å². The zero-order chi connectivity index (χ0) is 14.7. The van der Waals surface area contributed by atoms with Gasteiger partial charge in [-0.3, -0.25) is 4.79 Å². The van der Waals surface area contributed by atoms with Crippen molar-refractivity contribution in [3.05, 3.63) is 0 Å². The van der Waals surface area contributed by atoms with E-state index in [9.17, 15) is 4.79 Å². The summed E-state index contributed by atoms with van der Waals surface area (Å²) in [4.78, 5) is 12.4. The Bertz CT molecular complexity index is 277. The highest BCUT2D eigenvalue weighted by Gasteiger charge is 2.48. The van der Waals surface area contributed by atoms with E-state index in [1.54, 1.807) is 0 Å². The highest BCUT2D eigenvalue weighted by atomic mass is 28.3. The summed E-state index contributed by atoms with van der Waals surface area (Å²) < 4.78 is 0. The number of carbonyl (C=O) groups excluding carboxylic acids is 1. The molecule has 0 aromatic rings. The Balaban J connectivity index is 5.38. The van der Waals surface area contributed by atoms with Crippen molar-refractivity contribution in [2.45, 2.75) is 85.0 Å². The highest BCUT2D eigenvalue weighted by Crippen LogP contribution is 2.51. The van der Waals surface area contributed by atoms with E-state index in [2.05, 4.69) is 54.6 Å². The van der Waals surface area contributed by atoms with Gasteiger partial charge in [0.25, 0.3) is 0 Å². The molecule has 0 amide bonds. The Morgan fingerprint density at radius 2 is 1.56 bits per heavy atom. The smallest absolute Gasteiger partial charge is 0.133 e. The summed E-state index contributed by atoms with van der Waals surface area (Å²) in [6, 6.07) is 0. The lowest BCUT2D eigenvalue weighted by Gasteiger charge is -2.48. The molecule has 0 aromatic carbocycles. The van der Waals surface area contributed by atoms with Crippen LogP contribution in [0.3, 0.4) is 0 Å². The molecule has 0 aliphatic heterocycles. The van der Waals surface area contributed by atoms with Crippen molar-refractivity contribution in [2.24, 2.45) is 11.8 Å². The van der Waals surface area contributed by atoms with Crippen LogP contribution in [0.4, 0.5) is 0 Å². The van der Waals surface area contributed by atoms with Gasteiger partial charge in [0.15, 0.2) is 0 Å². The van der Waals surface area contributed by atoms with E-state index in [1.165, 1.54) is 0 Å². The molecular weight excluding hydrogens is 236 g/mol. The van der Waals surface area contributed by atoms with Crippen molar-refractivity contribution in [3.63, 3.8) is 0 Å². The molecule has 0 unspecified atom stereocenters. The third kappa shape index (κ3) is 3.69. The molecule has 0 aromatic heterocycles.